The van der Waals surface area contributed by atoms with Gasteiger partial charge in [0.1, 0.15) is 0 Å². The maximum absolute atomic E-state index is 12.4. The average Bonchev–Trinajstić information content (AvgIpc) is 2.53. The molecule has 0 aromatic heterocycles. The second-order valence-corrected chi connectivity index (χ2v) is 7.14. The number of nitro benzene ring substituents is 1. The highest BCUT2D eigenvalue weighted by Gasteiger charge is 2.20. The van der Waals surface area contributed by atoms with Gasteiger partial charge in [-0.15, -0.1) is 0 Å². The third-order valence-electron chi connectivity index (χ3n) is 3.41. The summed E-state index contributed by atoms with van der Waals surface area (Å²) in [6, 6.07) is 10.4. The van der Waals surface area contributed by atoms with E-state index >= 15 is 0 Å². The molecule has 0 radical (unpaired) electrons. The molecule has 0 aliphatic carbocycles. The third kappa shape index (κ3) is 4.85. The van der Waals surface area contributed by atoms with Crippen molar-refractivity contribution in [1.82, 2.24) is 4.72 Å². The topological polar surface area (TPSA) is 118 Å². The van der Waals surface area contributed by atoms with Gasteiger partial charge in [0.25, 0.3) is 5.69 Å². The molecule has 0 aliphatic rings. The fourth-order valence-corrected chi connectivity index (χ4v) is 3.44. The molecular formula is C16H17N3O5S. The van der Waals surface area contributed by atoms with E-state index in [1.807, 2.05) is 0 Å². The van der Waals surface area contributed by atoms with Crippen molar-refractivity contribution < 1.29 is 18.1 Å². The Bertz CT molecular complexity index is 908. The predicted molar refractivity (Wildman–Crippen MR) is 92.6 cm³/mol. The SMILES string of the molecule is CC(=O)Nc1ccc(CNS(=O)(=O)c2cc([N+](=O)[O-])ccc2C)cc1. The first-order chi connectivity index (χ1) is 11.7. The van der Waals surface area contributed by atoms with Gasteiger partial charge >= 0.3 is 0 Å². The van der Waals surface area contributed by atoms with Gasteiger partial charge in [-0.05, 0) is 30.2 Å². The highest BCUT2D eigenvalue weighted by Crippen LogP contribution is 2.22. The Balaban J connectivity index is 2.15. The molecule has 0 aliphatic heterocycles. The monoisotopic (exact) mass is 363 g/mol. The molecule has 1 amide bonds. The minimum Gasteiger partial charge on any atom is -0.326 e. The van der Waals surface area contributed by atoms with E-state index in [1.165, 1.54) is 19.1 Å². The number of aryl methyl sites for hydroxylation is 1. The quantitative estimate of drug-likeness (QED) is 0.603. The fraction of sp³-hybridized carbons (Fsp3) is 0.188. The number of carbonyl (C=O) groups excluding carboxylic acids is 1. The van der Waals surface area contributed by atoms with Gasteiger partial charge in [-0.2, -0.15) is 0 Å². The minimum absolute atomic E-state index is 0.0187. The largest absolute Gasteiger partial charge is 0.326 e. The Hall–Kier alpha value is -2.78. The van der Waals surface area contributed by atoms with Crippen LogP contribution in [0.1, 0.15) is 18.1 Å². The lowest BCUT2D eigenvalue weighted by atomic mass is 10.2. The molecule has 2 aromatic carbocycles. The van der Waals surface area contributed by atoms with E-state index in [4.69, 9.17) is 0 Å². The minimum atomic E-state index is -3.90. The van der Waals surface area contributed by atoms with E-state index in [2.05, 4.69) is 10.0 Å². The number of rotatable bonds is 6. The first-order valence-corrected chi connectivity index (χ1v) is 8.78. The molecule has 0 bridgehead atoms. The van der Waals surface area contributed by atoms with Gasteiger partial charge in [-0.25, -0.2) is 13.1 Å². The molecular weight excluding hydrogens is 346 g/mol. The Kier molecular flexibility index (Phi) is 5.50. The standard InChI is InChI=1S/C16H17N3O5S/c1-11-3-8-15(19(21)22)9-16(11)25(23,24)17-10-13-4-6-14(7-5-13)18-12(2)20/h3-9,17H,10H2,1-2H3,(H,18,20). The van der Waals surface area contributed by atoms with Crippen LogP contribution in [0, 0.1) is 17.0 Å². The maximum Gasteiger partial charge on any atom is 0.270 e. The highest BCUT2D eigenvalue weighted by molar-refractivity contribution is 7.89. The van der Waals surface area contributed by atoms with E-state index in [-0.39, 0.29) is 23.0 Å². The van der Waals surface area contributed by atoms with Gasteiger partial charge in [-0.3, -0.25) is 14.9 Å². The van der Waals surface area contributed by atoms with E-state index < -0.39 is 14.9 Å². The molecule has 2 rings (SSSR count). The fourth-order valence-electron chi connectivity index (χ4n) is 2.16. The van der Waals surface area contributed by atoms with Crippen LogP contribution in [0.3, 0.4) is 0 Å². The summed E-state index contributed by atoms with van der Waals surface area (Å²) in [4.78, 5) is 21.0. The molecule has 8 nitrogen and oxygen atoms in total. The lowest BCUT2D eigenvalue weighted by molar-refractivity contribution is -0.385. The number of nitro groups is 1. The van der Waals surface area contributed by atoms with Crippen LogP contribution in [0.15, 0.2) is 47.4 Å². The number of carbonyl (C=O) groups is 1. The van der Waals surface area contributed by atoms with Gasteiger partial charge in [0.05, 0.1) is 9.82 Å². The van der Waals surface area contributed by atoms with Crippen molar-refractivity contribution in [2.75, 3.05) is 5.32 Å². The Morgan fingerprint density at radius 1 is 1.16 bits per heavy atom. The summed E-state index contributed by atoms with van der Waals surface area (Å²) in [5, 5.41) is 13.5. The highest BCUT2D eigenvalue weighted by atomic mass is 32.2. The molecule has 0 spiro atoms. The van der Waals surface area contributed by atoms with Crippen LogP contribution < -0.4 is 10.0 Å². The van der Waals surface area contributed by atoms with Crippen molar-refractivity contribution in [3.05, 3.63) is 63.7 Å². The number of nitrogens with zero attached hydrogens (tertiary/aromatic N) is 1. The van der Waals surface area contributed by atoms with Gasteiger partial charge in [0.15, 0.2) is 0 Å². The Morgan fingerprint density at radius 2 is 1.80 bits per heavy atom. The second-order valence-electron chi connectivity index (χ2n) is 5.41. The zero-order valence-electron chi connectivity index (χ0n) is 13.6. The number of amides is 1. The summed E-state index contributed by atoms with van der Waals surface area (Å²) in [6.45, 7) is 2.98. The molecule has 0 unspecified atom stereocenters. The molecule has 0 fully saturated rings. The predicted octanol–water partition coefficient (Wildman–Crippen LogP) is 2.34. The van der Waals surface area contributed by atoms with Crippen molar-refractivity contribution in [3.63, 3.8) is 0 Å². The lowest BCUT2D eigenvalue weighted by Gasteiger charge is -2.10. The molecule has 0 saturated carbocycles. The van der Waals surface area contributed by atoms with E-state index in [1.54, 1.807) is 31.2 Å². The van der Waals surface area contributed by atoms with Crippen molar-refractivity contribution in [2.24, 2.45) is 0 Å². The zero-order chi connectivity index (χ0) is 18.6. The number of sulfonamides is 1. The zero-order valence-corrected chi connectivity index (χ0v) is 14.5. The number of hydrogen-bond acceptors (Lipinski definition) is 5. The summed E-state index contributed by atoms with van der Waals surface area (Å²) in [5.41, 5.74) is 1.42. The lowest BCUT2D eigenvalue weighted by Crippen LogP contribution is -2.24. The van der Waals surface area contributed by atoms with Gasteiger partial charge < -0.3 is 5.32 Å². The van der Waals surface area contributed by atoms with Crippen LogP contribution in [0.25, 0.3) is 0 Å². The van der Waals surface area contributed by atoms with Crippen LogP contribution in [0.2, 0.25) is 0 Å². The van der Waals surface area contributed by atoms with E-state index in [0.29, 0.717) is 16.8 Å². The molecule has 2 aromatic rings. The number of nitrogens with one attached hydrogen (secondary N) is 2. The van der Waals surface area contributed by atoms with Crippen molar-refractivity contribution in [2.45, 2.75) is 25.3 Å². The van der Waals surface area contributed by atoms with Crippen LogP contribution in [-0.2, 0) is 21.4 Å². The van der Waals surface area contributed by atoms with E-state index in [0.717, 1.165) is 6.07 Å². The molecule has 0 atom stereocenters. The van der Waals surface area contributed by atoms with Crippen molar-refractivity contribution >= 4 is 27.3 Å². The molecule has 2 N–H and O–H groups in total. The summed E-state index contributed by atoms with van der Waals surface area (Å²) in [7, 11) is -3.90. The van der Waals surface area contributed by atoms with Gasteiger partial charge in [0, 0.05) is 31.3 Å². The van der Waals surface area contributed by atoms with E-state index in [9.17, 15) is 23.3 Å². The van der Waals surface area contributed by atoms with Crippen LogP contribution >= 0.6 is 0 Å². The summed E-state index contributed by atoms with van der Waals surface area (Å²) in [6.07, 6.45) is 0. The number of benzene rings is 2. The molecule has 0 saturated heterocycles. The average molecular weight is 363 g/mol. The Morgan fingerprint density at radius 3 is 2.36 bits per heavy atom. The molecule has 25 heavy (non-hydrogen) atoms. The maximum atomic E-state index is 12.4. The summed E-state index contributed by atoms with van der Waals surface area (Å²) < 4.78 is 27.3. The van der Waals surface area contributed by atoms with Crippen LogP contribution in [0.5, 0.6) is 0 Å². The van der Waals surface area contributed by atoms with Crippen LogP contribution in [-0.4, -0.2) is 19.2 Å². The Labute approximate surface area is 145 Å². The first-order valence-electron chi connectivity index (χ1n) is 7.30. The first kappa shape index (κ1) is 18.6. The van der Waals surface area contributed by atoms with Gasteiger partial charge in [0.2, 0.25) is 15.9 Å². The number of anilines is 1. The molecule has 9 heteroatoms. The number of non-ortho nitro benzene ring substituents is 1. The molecule has 0 heterocycles. The van der Waals surface area contributed by atoms with Crippen molar-refractivity contribution in [1.29, 1.82) is 0 Å². The van der Waals surface area contributed by atoms with Crippen LogP contribution in [0.4, 0.5) is 11.4 Å². The molecule has 132 valence electrons. The van der Waals surface area contributed by atoms with Gasteiger partial charge in [-0.1, -0.05) is 18.2 Å². The second kappa shape index (κ2) is 7.41. The summed E-state index contributed by atoms with van der Waals surface area (Å²) >= 11 is 0. The third-order valence-corrected chi connectivity index (χ3v) is 4.96. The smallest absolute Gasteiger partial charge is 0.270 e. The van der Waals surface area contributed by atoms with Crippen molar-refractivity contribution in [3.8, 4) is 0 Å². The normalized spacial score (nSPS) is 11.1. The number of hydrogen-bond donors (Lipinski definition) is 2. The summed E-state index contributed by atoms with van der Waals surface area (Å²) in [5.74, 6) is -0.199.